The van der Waals surface area contributed by atoms with Crippen LogP contribution in [0.4, 0.5) is 20.3 Å². The van der Waals surface area contributed by atoms with Gasteiger partial charge in [0.2, 0.25) is 0 Å². The summed E-state index contributed by atoms with van der Waals surface area (Å²) in [4.78, 5) is 20.5. The van der Waals surface area contributed by atoms with E-state index < -0.39 is 17.5 Å². The van der Waals surface area contributed by atoms with E-state index in [2.05, 4.69) is 20.6 Å². The van der Waals surface area contributed by atoms with Crippen LogP contribution >= 0.6 is 0 Å². The topological polar surface area (TPSA) is 66.9 Å². The molecule has 2 N–H and O–H groups in total. The first-order chi connectivity index (χ1) is 12.5. The summed E-state index contributed by atoms with van der Waals surface area (Å²) in [5.41, 5.74) is 0.715. The average molecular weight is 354 g/mol. The molecule has 0 bridgehead atoms. The normalized spacial score (nSPS) is 10.4. The molecule has 0 aliphatic carbocycles. The van der Waals surface area contributed by atoms with Crippen molar-refractivity contribution in [3.63, 3.8) is 0 Å². The molecule has 2 aromatic carbocycles. The number of para-hydroxylation sites is 1. The molecule has 1 amide bonds. The molecule has 1 aromatic heterocycles. The van der Waals surface area contributed by atoms with E-state index >= 15 is 0 Å². The molecule has 3 rings (SSSR count). The second-order valence-electron chi connectivity index (χ2n) is 5.58. The molecule has 7 heteroatoms. The first kappa shape index (κ1) is 17.5. The van der Waals surface area contributed by atoms with Crippen LogP contribution in [0, 0.1) is 18.6 Å². The van der Waals surface area contributed by atoms with Gasteiger partial charge < -0.3 is 10.6 Å². The molecule has 3 aromatic rings. The van der Waals surface area contributed by atoms with E-state index in [1.807, 2.05) is 30.3 Å². The monoisotopic (exact) mass is 354 g/mol. The number of anilines is 2. The van der Waals surface area contributed by atoms with Crippen LogP contribution in [-0.4, -0.2) is 15.9 Å². The lowest BCUT2D eigenvalue weighted by molar-refractivity contribution is 0.0945. The summed E-state index contributed by atoms with van der Waals surface area (Å²) in [7, 11) is 0. The van der Waals surface area contributed by atoms with Gasteiger partial charge in [0.25, 0.3) is 5.91 Å². The number of nitrogens with one attached hydrogen (secondary N) is 2. The quantitative estimate of drug-likeness (QED) is 0.733. The molecule has 0 aliphatic heterocycles. The minimum Gasteiger partial charge on any atom is -0.347 e. The number of rotatable bonds is 5. The van der Waals surface area contributed by atoms with E-state index in [0.29, 0.717) is 12.4 Å². The Labute approximate surface area is 149 Å². The second kappa shape index (κ2) is 7.69. The molecular formula is C19H16F2N4O. The van der Waals surface area contributed by atoms with Gasteiger partial charge in [-0.15, -0.1) is 0 Å². The second-order valence-corrected chi connectivity index (χ2v) is 5.58. The molecular weight excluding hydrogens is 338 g/mol. The minimum atomic E-state index is -0.753. The van der Waals surface area contributed by atoms with Crippen LogP contribution in [0.2, 0.25) is 0 Å². The summed E-state index contributed by atoms with van der Waals surface area (Å²) >= 11 is 0. The Morgan fingerprint density at radius 1 is 1.00 bits per heavy atom. The number of benzene rings is 2. The Morgan fingerprint density at radius 3 is 2.38 bits per heavy atom. The lowest BCUT2D eigenvalue weighted by atomic mass is 10.2. The van der Waals surface area contributed by atoms with Gasteiger partial charge >= 0.3 is 0 Å². The molecule has 132 valence electrons. The van der Waals surface area contributed by atoms with Gasteiger partial charge in [0.15, 0.2) is 0 Å². The van der Waals surface area contributed by atoms with Gasteiger partial charge in [-0.2, -0.15) is 0 Å². The number of carbonyl (C=O) groups excluding carboxylic acids is 1. The smallest absolute Gasteiger partial charge is 0.270 e. The number of halogens is 2. The molecule has 5 nitrogen and oxygen atoms in total. The highest BCUT2D eigenvalue weighted by Crippen LogP contribution is 2.22. The van der Waals surface area contributed by atoms with Crippen molar-refractivity contribution >= 4 is 17.4 Å². The molecule has 26 heavy (non-hydrogen) atoms. The van der Waals surface area contributed by atoms with Gasteiger partial charge in [0.1, 0.15) is 34.7 Å². The summed E-state index contributed by atoms with van der Waals surface area (Å²) in [6.45, 7) is 1.93. The van der Waals surface area contributed by atoms with Crippen LogP contribution in [-0.2, 0) is 6.54 Å². The summed E-state index contributed by atoms with van der Waals surface area (Å²) < 4.78 is 27.6. The predicted octanol–water partition coefficient (Wildman–Crippen LogP) is 3.74. The number of aromatic nitrogens is 2. The molecule has 0 saturated carbocycles. The van der Waals surface area contributed by atoms with E-state index in [1.165, 1.54) is 12.1 Å². The fourth-order valence-corrected chi connectivity index (χ4v) is 2.36. The van der Waals surface area contributed by atoms with Crippen molar-refractivity contribution in [3.05, 3.63) is 83.3 Å². The fourth-order valence-electron chi connectivity index (χ4n) is 2.36. The maximum Gasteiger partial charge on any atom is 0.270 e. The Hall–Kier alpha value is -3.35. The first-order valence-corrected chi connectivity index (χ1v) is 7.92. The molecule has 0 saturated heterocycles. The third-order valence-electron chi connectivity index (χ3n) is 3.58. The number of hydrogen-bond acceptors (Lipinski definition) is 4. The van der Waals surface area contributed by atoms with Crippen LogP contribution in [0.15, 0.2) is 54.6 Å². The highest BCUT2D eigenvalue weighted by molar-refractivity contribution is 5.93. The van der Waals surface area contributed by atoms with E-state index in [9.17, 15) is 13.6 Å². The van der Waals surface area contributed by atoms with Crippen molar-refractivity contribution in [3.8, 4) is 0 Å². The highest BCUT2D eigenvalue weighted by atomic mass is 19.1. The summed E-state index contributed by atoms with van der Waals surface area (Å²) in [6, 6.07) is 14.3. The van der Waals surface area contributed by atoms with Gasteiger partial charge in [-0.1, -0.05) is 36.4 Å². The number of nitrogens with zero attached hydrogens (tertiary/aromatic N) is 2. The largest absolute Gasteiger partial charge is 0.347 e. The summed E-state index contributed by atoms with van der Waals surface area (Å²) in [5.74, 6) is -1.48. The zero-order valence-electron chi connectivity index (χ0n) is 14.0. The van der Waals surface area contributed by atoms with Crippen LogP contribution in [0.1, 0.15) is 21.9 Å². The van der Waals surface area contributed by atoms with Gasteiger partial charge in [-0.25, -0.2) is 18.7 Å². The van der Waals surface area contributed by atoms with Crippen LogP contribution in [0.5, 0.6) is 0 Å². The van der Waals surface area contributed by atoms with Crippen molar-refractivity contribution in [2.75, 3.05) is 5.32 Å². The van der Waals surface area contributed by atoms with Crippen molar-refractivity contribution in [1.29, 1.82) is 0 Å². The average Bonchev–Trinajstić information content (AvgIpc) is 2.63. The Balaban J connectivity index is 1.78. The SMILES string of the molecule is Cc1nc(Nc2c(F)cccc2F)cc(C(=O)NCc2ccccc2)n1. The van der Waals surface area contributed by atoms with Crippen molar-refractivity contribution in [1.82, 2.24) is 15.3 Å². The van der Waals surface area contributed by atoms with Gasteiger partial charge in [0.05, 0.1) is 0 Å². The van der Waals surface area contributed by atoms with Gasteiger partial charge in [-0.3, -0.25) is 4.79 Å². The first-order valence-electron chi connectivity index (χ1n) is 7.92. The Morgan fingerprint density at radius 2 is 1.69 bits per heavy atom. The van der Waals surface area contributed by atoms with Crippen LogP contribution in [0.25, 0.3) is 0 Å². The van der Waals surface area contributed by atoms with Crippen molar-refractivity contribution in [2.45, 2.75) is 13.5 Å². The molecule has 0 fully saturated rings. The van der Waals surface area contributed by atoms with E-state index in [0.717, 1.165) is 17.7 Å². The molecule has 0 unspecified atom stereocenters. The summed E-state index contributed by atoms with van der Waals surface area (Å²) in [6.07, 6.45) is 0. The zero-order chi connectivity index (χ0) is 18.5. The number of amides is 1. The Bertz CT molecular complexity index is 912. The molecule has 0 radical (unpaired) electrons. The fraction of sp³-hybridized carbons (Fsp3) is 0.105. The van der Waals surface area contributed by atoms with Crippen molar-refractivity contribution in [2.24, 2.45) is 0 Å². The highest BCUT2D eigenvalue weighted by Gasteiger charge is 2.13. The Kier molecular flexibility index (Phi) is 5.17. The molecule has 0 aliphatic rings. The lowest BCUT2D eigenvalue weighted by Crippen LogP contribution is -2.24. The van der Waals surface area contributed by atoms with E-state index in [-0.39, 0.29) is 17.2 Å². The standard InChI is InChI=1S/C19H16F2N4O/c1-12-23-16(19(26)22-11-13-6-3-2-4-7-13)10-17(24-12)25-18-14(20)8-5-9-15(18)21/h2-10H,11H2,1H3,(H,22,26)(H,23,24,25). The number of aryl methyl sites for hydroxylation is 1. The zero-order valence-corrected chi connectivity index (χ0v) is 14.0. The molecule has 1 heterocycles. The van der Waals surface area contributed by atoms with Gasteiger partial charge in [-0.05, 0) is 24.6 Å². The predicted molar refractivity (Wildman–Crippen MR) is 94.0 cm³/mol. The lowest BCUT2D eigenvalue weighted by Gasteiger charge is -2.10. The number of carbonyl (C=O) groups is 1. The maximum atomic E-state index is 13.8. The third-order valence-corrected chi connectivity index (χ3v) is 3.58. The minimum absolute atomic E-state index is 0.104. The van der Waals surface area contributed by atoms with Crippen LogP contribution < -0.4 is 10.6 Å². The summed E-state index contributed by atoms with van der Waals surface area (Å²) in [5, 5.41) is 5.32. The third kappa shape index (κ3) is 4.18. The van der Waals surface area contributed by atoms with Crippen molar-refractivity contribution < 1.29 is 13.6 Å². The van der Waals surface area contributed by atoms with Crippen LogP contribution in [0.3, 0.4) is 0 Å². The van der Waals surface area contributed by atoms with Gasteiger partial charge in [0, 0.05) is 12.6 Å². The molecule has 0 atom stereocenters. The van der Waals surface area contributed by atoms with E-state index in [4.69, 9.17) is 0 Å². The maximum absolute atomic E-state index is 13.8. The van der Waals surface area contributed by atoms with E-state index in [1.54, 1.807) is 6.92 Å². The number of hydrogen-bond donors (Lipinski definition) is 2. The molecule has 0 spiro atoms.